The fourth-order valence-electron chi connectivity index (χ4n) is 1.92. The smallest absolute Gasteiger partial charge is 0.243 e. The lowest BCUT2D eigenvalue weighted by atomic mass is 10.2. The largest absolute Gasteiger partial charge is 0.508 e. The van der Waals surface area contributed by atoms with Crippen LogP contribution in [0.4, 0.5) is 0 Å². The van der Waals surface area contributed by atoms with Crippen LogP contribution in [0.3, 0.4) is 0 Å². The number of aromatic hydroxyl groups is 1. The van der Waals surface area contributed by atoms with Crippen molar-refractivity contribution in [2.75, 3.05) is 19.7 Å². The van der Waals surface area contributed by atoms with Crippen molar-refractivity contribution < 1.29 is 18.3 Å². The van der Waals surface area contributed by atoms with E-state index in [1.165, 1.54) is 28.6 Å². The predicted molar refractivity (Wildman–Crippen MR) is 66.9 cm³/mol. The Bertz CT molecular complexity index is 497. The third-order valence-corrected chi connectivity index (χ3v) is 4.91. The normalized spacial score (nSPS) is 21.9. The lowest BCUT2D eigenvalue weighted by molar-refractivity contribution is -0.00277. The number of morpholine rings is 1. The summed E-state index contributed by atoms with van der Waals surface area (Å²) in [5.41, 5.74) is 0. The standard InChI is InChI=1S/C12H17NO4S/c1-2-11-9-13(7-8-17-11)18(15,16)12-5-3-10(14)4-6-12/h3-6,11,14H,2,7-9H2,1H3. The van der Waals surface area contributed by atoms with E-state index in [2.05, 4.69) is 0 Å². The number of benzene rings is 1. The Morgan fingerprint density at radius 1 is 1.39 bits per heavy atom. The highest BCUT2D eigenvalue weighted by molar-refractivity contribution is 7.89. The lowest BCUT2D eigenvalue weighted by Gasteiger charge is -2.31. The molecule has 1 aliphatic heterocycles. The van der Waals surface area contributed by atoms with Crippen LogP contribution in [0.2, 0.25) is 0 Å². The molecule has 1 aliphatic rings. The van der Waals surface area contributed by atoms with E-state index >= 15 is 0 Å². The molecule has 0 aromatic heterocycles. The molecular weight excluding hydrogens is 254 g/mol. The summed E-state index contributed by atoms with van der Waals surface area (Å²) in [4.78, 5) is 0.206. The second kappa shape index (κ2) is 5.26. The maximum Gasteiger partial charge on any atom is 0.243 e. The van der Waals surface area contributed by atoms with Crippen LogP contribution in [-0.4, -0.2) is 43.6 Å². The molecule has 0 amide bonds. The average molecular weight is 271 g/mol. The molecule has 0 spiro atoms. The minimum absolute atomic E-state index is 0.0364. The summed E-state index contributed by atoms with van der Waals surface area (Å²) in [6.07, 6.45) is 0.757. The summed E-state index contributed by atoms with van der Waals surface area (Å²) in [5, 5.41) is 9.18. The summed E-state index contributed by atoms with van der Waals surface area (Å²) in [7, 11) is -3.48. The summed E-state index contributed by atoms with van der Waals surface area (Å²) in [6.45, 7) is 3.16. The molecule has 1 saturated heterocycles. The quantitative estimate of drug-likeness (QED) is 0.896. The minimum atomic E-state index is -3.48. The molecule has 0 saturated carbocycles. The van der Waals surface area contributed by atoms with Crippen molar-refractivity contribution >= 4 is 10.0 Å². The highest BCUT2D eigenvalue weighted by Crippen LogP contribution is 2.21. The fraction of sp³-hybridized carbons (Fsp3) is 0.500. The zero-order valence-corrected chi connectivity index (χ0v) is 11.1. The molecular formula is C12H17NO4S. The zero-order chi connectivity index (χ0) is 13.2. The van der Waals surface area contributed by atoms with Crippen molar-refractivity contribution in [1.29, 1.82) is 0 Å². The number of hydrogen-bond donors (Lipinski definition) is 1. The Balaban J connectivity index is 2.22. The van der Waals surface area contributed by atoms with E-state index in [4.69, 9.17) is 4.74 Å². The topological polar surface area (TPSA) is 66.8 Å². The van der Waals surface area contributed by atoms with Crippen LogP contribution in [0.15, 0.2) is 29.2 Å². The molecule has 1 atom stereocenters. The number of rotatable bonds is 3. The molecule has 18 heavy (non-hydrogen) atoms. The second-order valence-corrected chi connectivity index (χ2v) is 6.20. The van der Waals surface area contributed by atoms with E-state index in [0.717, 1.165) is 6.42 Å². The zero-order valence-electron chi connectivity index (χ0n) is 10.2. The molecule has 1 unspecified atom stereocenters. The molecule has 5 nitrogen and oxygen atoms in total. The highest BCUT2D eigenvalue weighted by atomic mass is 32.2. The first-order valence-electron chi connectivity index (χ1n) is 5.95. The minimum Gasteiger partial charge on any atom is -0.508 e. The van der Waals surface area contributed by atoms with Crippen molar-refractivity contribution in [3.8, 4) is 5.75 Å². The summed E-state index contributed by atoms with van der Waals surface area (Å²) in [6, 6.07) is 5.59. The number of phenols is 1. The maximum absolute atomic E-state index is 12.3. The van der Waals surface area contributed by atoms with Gasteiger partial charge in [-0.3, -0.25) is 0 Å². The Morgan fingerprint density at radius 2 is 2.06 bits per heavy atom. The van der Waals surface area contributed by atoms with E-state index in [1.54, 1.807) is 0 Å². The van der Waals surface area contributed by atoms with Gasteiger partial charge in [-0.05, 0) is 30.7 Å². The third-order valence-electron chi connectivity index (χ3n) is 3.03. The van der Waals surface area contributed by atoms with Crippen LogP contribution in [0.25, 0.3) is 0 Å². The molecule has 1 N–H and O–H groups in total. The van der Waals surface area contributed by atoms with E-state index in [-0.39, 0.29) is 16.7 Å². The number of hydrogen-bond acceptors (Lipinski definition) is 4. The average Bonchev–Trinajstić information content (AvgIpc) is 2.39. The molecule has 1 aromatic carbocycles. The van der Waals surface area contributed by atoms with Gasteiger partial charge in [-0.15, -0.1) is 0 Å². The molecule has 1 aromatic rings. The highest BCUT2D eigenvalue weighted by Gasteiger charge is 2.29. The Labute approximate surface area is 107 Å². The van der Waals surface area contributed by atoms with Crippen molar-refractivity contribution in [1.82, 2.24) is 4.31 Å². The molecule has 0 bridgehead atoms. The van der Waals surface area contributed by atoms with Crippen LogP contribution in [0, 0.1) is 0 Å². The van der Waals surface area contributed by atoms with E-state index in [1.807, 2.05) is 6.92 Å². The summed E-state index contributed by atoms with van der Waals surface area (Å²) < 4.78 is 31.6. The van der Waals surface area contributed by atoms with Gasteiger partial charge in [0.1, 0.15) is 5.75 Å². The number of nitrogens with zero attached hydrogens (tertiary/aromatic N) is 1. The van der Waals surface area contributed by atoms with Gasteiger partial charge in [-0.1, -0.05) is 6.92 Å². The maximum atomic E-state index is 12.3. The molecule has 6 heteroatoms. The number of sulfonamides is 1. The van der Waals surface area contributed by atoms with Crippen LogP contribution < -0.4 is 0 Å². The molecule has 0 radical (unpaired) electrons. The monoisotopic (exact) mass is 271 g/mol. The van der Waals surface area contributed by atoms with Gasteiger partial charge in [0.25, 0.3) is 0 Å². The van der Waals surface area contributed by atoms with Crippen LogP contribution in [0.1, 0.15) is 13.3 Å². The van der Waals surface area contributed by atoms with Crippen LogP contribution >= 0.6 is 0 Å². The molecule has 2 rings (SSSR count). The first-order chi connectivity index (χ1) is 8.54. The van der Waals surface area contributed by atoms with E-state index in [0.29, 0.717) is 19.7 Å². The third kappa shape index (κ3) is 2.66. The van der Waals surface area contributed by atoms with Gasteiger partial charge in [-0.2, -0.15) is 4.31 Å². The van der Waals surface area contributed by atoms with E-state index < -0.39 is 10.0 Å². The Kier molecular flexibility index (Phi) is 3.89. The second-order valence-electron chi connectivity index (χ2n) is 4.26. The van der Waals surface area contributed by atoms with Gasteiger partial charge in [0.05, 0.1) is 17.6 Å². The van der Waals surface area contributed by atoms with Gasteiger partial charge in [0.2, 0.25) is 10.0 Å². The SMILES string of the molecule is CCC1CN(S(=O)(=O)c2ccc(O)cc2)CCO1. The van der Waals surface area contributed by atoms with Crippen molar-refractivity contribution in [2.24, 2.45) is 0 Å². The Morgan fingerprint density at radius 3 is 2.67 bits per heavy atom. The van der Waals surface area contributed by atoms with Gasteiger partial charge < -0.3 is 9.84 Å². The summed E-state index contributed by atoms with van der Waals surface area (Å²) in [5.74, 6) is 0.0577. The number of ether oxygens (including phenoxy) is 1. The van der Waals surface area contributed by atoms with Gasteiger partial charge in [0, 0.05) is 13.1 Å². The van der Waals surface area contributed by atoms with Gasteiger partial charge >= 0.3 is 0 Å². The molecule has 1 heterocycles. The van der Waals surface area contributed by atoms with Crippen molar-refractivity contribution in [2.45, 2.75) is 24.3 Å². The lowest BCUT2D eigenvalue weighted by Crippen LogP contribution is -2.45. The first kappa shape index (κ1) is 13.3. The Hall–Kier alpha value is -1.11. The molecule has 100 valence electrons. The van der Waals surface area contributed by atoms with Gasteiger partial charge in [-0.25, -0.2) is 8.42 Å². The van der Waals surface area contributed by atoms with Crippen molar-refractivity contribution in [3.05, 3.63) is 24.3 Å². The number of phenolic OH excluding ortho intramolecular Hbond substituents is 1. The first-order valence-corrected chi connectivity index (χ1v) is 7.39. The molecule has 0 aliphatic carbocycles. The summed E-state index contributed by atoms with van der Waals surface area (Å²) >= 11 is 0. The predicted octanol–water partition coefficient (Wildman–Crippen LogP) is 1.19. The van der Waals surface area contributed by atoms with Crippen LogP contribution in [-0.2, 0) is 14.8 Å². The van der Waals surface area contributed by atoms with Crippen molar-refractivity contribution in [3.63, 3.8) is 0 Å². The van der Waals surface area contributed by atoms with Crippen LogP contribution in [0.5, 0.6) is 5.75 Å². The van der Waals surface area contributed by atoms with E-state index in [9.17, 15) is 13.5 Å². The fourth-order valence-corrected chi connectivity index (χ4v) is 3.38. The van der Waals surface area contributed by atoms with Gasteiger partial charge in [0.15, 0.2) is 0 Å². The molecule has 1 fully saturated rings.